The number of anilines is 1. The minimum absolute atomic E-state index is 0.0794. The zero-order chi connectivity index (χ0) is 23.1. The van der Waals surface area contributed by atoms with Gasteiger partial charge in [0, 0.05) is 25.3 Å². The normalized spacial score (nSPS) is 21.4. The van der Waals surface area contributed by atoms with Gasteiger partial charge in [-0.05, 0) is 56.9 Å². The average molecular weight is 439 g/mol. The number of likely N-dealkylation sites (tertiary alicyclic amines) is 1. The molecule has 0 aliphatic carbocycles. The fourth-order valence-corrected chi connectivity index (χ4v) is 4.43. The summed E-state index contributed by atoms with van der Waals surface area (Å²) in [4.78, 5) is 29.3. The lowest BCUT2D eigenvalue weighted by atomic mass is 9.88. The maximum absolute atomic E-state index is 12.9. The monoisotopic (exact) mass is 438 g/mol. The van der Waals surface area contributed by atoms with E-state index in [9.17, 15) is 9.59 Å². The van der Waals surface area contributed by atoms with Crippen molar-refractivity contribution in [2.75, 3.05) is 37.7 Å². The van der Waals surface area contributed by atoms with E-state index in [0.29, 0.717) is 24.4 Å². The molecule has 1 unspecified atom stereocenters. The Kier molecular flexibility index (Phi) is 8.04. The first kappa shape index (κ1) is 24.0. The van der Waals surface area contributed by atoms with E-state index in [1.807, 2.05) is 25.1 Å². The van der Waals surface area contributed by atoms with Crippen LogP contribution in [0.2, 0.25) is 0 Å². The van der Waals surface area contributed by atoms with Crippen molar-refractivity contribution in [2.45, 2.75) is 44.8 Å². The summed E-state index contributed by atoms with van der Waals surface area (Å²) in [5.41, 5.74) is 1.97. The lowest BCUT2D eigenvalue weighted by molar-refractivity contribution is -0.161. The maximum atomic E-state index is 12.9. The van der Waals surface area contributed by atoms with Gasteiger partial charge in [0.2, 0.25) is 0 Å². The number of piperidine rings is 1. The number of morpholine rings is 1. The molecule has 0 radical (unpaired) electrons. The first-order valence-corrected chi connectivity index (χ1v) is 11.3. The Morgan fingerprint density at radius 2 is 2.06 bits per heavy atom. The lowest BCUT2D eigenvalue weighted by Gasteiger charge is -2.49. The molecule has 2 aliphatic heterocycles. The number of carbonyl (C=O) groups excluding carboxylic acids is 2. The molecule has 0 aromatic heterocycles. The SMILES string of the molecule is C=C/C=C(\C=C)CCN1CCC2(CC1)CN(c1cccc(C(=O)OCC)c1)C(=O)C(C)O2. The quantitative estimate of drug-likeness (QED) is 0.451. The van der Waals surface area contributed by atoms with Crippen LogP contribution in [0.25, 0.3) is 0 Å². The average Bonchev–Trinajstić information content (AvgIpc) is 2.80. The molecular formula is C26H34N2O4. The molecule has 6 nitrogen and oxygen atoms in total. The number of allylic oxidation sites excluding steroid dienone is 3. The third-order valence-electron chi connectivity index (χ3n) is 6.23. The summed E-state index contributed by atoms with van der Waals surface area (Å²) in [5.74, 6) is -0.459. The number of esters is 1. The maximum Gasteiger partial charge on any atom is 0.338 e. The van der Waals surface area contributed by atoms with E-state index in [-0.39, 0.29) is 17.5 Å². The molecule has 0 bridgehead atoms. The summed E-state index contributed by atoms with van der Waals surface area (Å²) >= 11 is 0. The van der Waals surface area contributed by atoms with Gasteiger partial charge in [0.05, 0.1) is 24.3 Å². The van der Waals surface area contributed by atoms with E-state index in [1.165, 1.54) is 5.57 Å². The van der Waals surface area contributed by atoms with Crippen molar-refractivity contribution in [1.82, 2.24) is 4.90 Å². The van der Waals surface area contributed by atoms with Gasteiger partial charge in [-0.25, -0.2) is 4.79 Å². The molecule has 1 spiro atoms. The Hall–Kier alpha value is -2.70. The highest BCUT2D eigenvalue weighted by Gasteiger charge is 2.45. The largest absolute Gasteiger partial charge is 0.462 e. The Morgan fingerprint density at radius 3 is 2.72 bits per heavy atom. The number of amides is 1. The van der Waals surface area contributed by atoms with Crippen molar-refractivity contribution in [1.29, 1.82) is 0 Å². The highest BCUT2D eigenvalue weighted by atomic mass is 16.5. The van der Waals surface area contributed by atoms with Crippen molar-refractivity contribution in [3.8, 4) is 0 Å². The molecule has 1 atom stereocenters. The fraction of sp³-hybridized carbons (Fsp3) is 0.462. The van der Waals surface area contributed by atoms with Crippen LogP contribution in [0.1, 0.15) is 43.5 Å². The first-order chi connectivity index (χ1) is 15.4. The van der Waals surface area contributed by atoms with E-state index >= 15 is 0 Å². The van der Waals surface area contributed by atoms with E-state index in [2.05, 4.69) is 18.1 Å². The molecule has 172 valence electrons. The van der Waals surface area contributed by atoms with E-state index in [0.717, 1.165) is 38.9 Å². The molecule has 3 rings (SSSR count). The third-order valence-corrected chi connectivity index (χ3v) is 6.23. The van der Waals surface area contributed by atoms with Crippen LogP contribution in [0, 0.1) is 0 Å². The predicted molar refractivity (Wildman–Crippen MR) is 127 cm³/mol. The molecule has 2 aliphatic rings. The van der Waals surface area contributed by atoms with Crippen LogP contribution in [0.15, 0.2) is 61.2 Å². The second-order valence-corrected chi connectivity index (χ2v) is 8.41. The van der Waals surface area contributed by atoms with Gasteiger partial charge in [-0.1, -0.05) is 37.5 Å². The van der Waals surface area contributed by atoms with Crippen LogP contribution >= 0.6 is 0 Å². The van der Waals surface area contributed by atoms with Crippen molar-refractivity contribution < 1.29 is 19.1 Å². The molecule has 6 heteroatoms. The van der Waals surface area contributed by atoms with E-state index < -0.39 is 6.10 Å². The number of benzene rings is 1. The van der Waals surface area contributed by atoms with E-state index in [1.54, 1.807) is 36.1 Å². The van der Waals surface area contributed by atoms with Crippen LogP contribution in [-0.4, -0.2) is 61.3 Å². The topological polar surface area (TPSA) is 59.1 Å². The van der Waals surface area contributed by atoms with Crippen molar-refractivity contribution >= 4 is 17.6 Å². The van der Waals surface area contributed by atoms with E-state index in [4.69, 9.17) is 9.47 Å². The zero-order valence-electron chi connectivity index (χ0n) is 19.2. The van der Waals surface area contributed by atoms with Crippen molar-refractivity contribution in [3.05, 3.63) is 66.8 Å². The molecule has 1 aromatic carbocycles. The summed E-state index contributed by atoms with van der Waals surface area (Å²) in [6.07, 6.45) is 7.79. The standard InChI is InChI=1S/C26H34N2O4/c1-5-9-21(6-2)12-15-27-16-13-26(14-17-27)19-28(24(29)20(4)32-26)23-11-8-10-22(18-23)25(30)31-7-3/h5-6,8-11,18,20H,1-2,7,12-17,19H2,3-4H3/b21-9+. The predicted octanol–water partition coefficient (Wildman–Crippen LogP) is 4.14. The molecular weight excluding hydrogens is 404 g/mol. The van der Waals surface area contributed by atoms with Crippen LogP contribution in [0.5, 0.6) is 0 Å². The van der Waals surface area contributed by atoms with Gasteiger partial charge in [0.25, 0.3) is 5.91 Å². The number of rotatable bonds is 8. The molecule has 32 heavy (non-hydrogen) atoms. The number of hydrogen-bond donors (Lipinski definition) is 0. The first-order valence-electron chi connectivity index (χ1n) is 11.3. The molecule has 0 N–H and O–H groups in total. The number of hydrogen-bond acceptors (Lipinski definition) is 5. The Morgan fingerprint density at radius 1 is 1.31 bits per heavy atom. The van der Waals surface area contributed by atoms with Gasteiger partial charge in [-0.2, -0.15) is 0 Å². The summed E-state index contributed by atoms with van der Waals surface area (Å²) in [6, 6.07) is 7.10. The van der Waals surface area contributed by atoms with Gasteiger partial charge in [0.15, 0.2) is 0 Å². The van der Waals surface area contributed by atoms with Gasteiger partial charge in [0.1, 0.15) is 6.10 Å². The van der Waals surface area contributed by atoms with Gasteiger partial charge in [-0.15, -0.1) is 0 Å². The molecule has 0 saturated carbocycles. The molecule has 2 fully saturated rings. The number of carbonyl (C=O) groups is 2. The Bertz CT molecular complexity index is 884. The summed E-state index contributed by atoms with van der Waals surface area (Å²) in [6.45, 7) is 14.8. The summed E-state index contributed by atoms with van der Waals surface area (Å²) in [5, 5.41) is 0. The minimum Gasteiger partial charge on any atom is -0.462 e. The van der Waals surface area contributed by atoms with Crippen LogP contribution < -0.4 is 4.90 Å². The third kappa shape index (κ3) is 5.56. The smallest absolute Gasteiger partial charge is 0.338 e. The highest BCUT2D eigenvalue weighted by Crippen LogP contribution is 2.35. The molecule has 1 amide bonds. The van der Waals surface area contributed by atoms with Gasteiger partial charge in [-0.3, -0.25) is 4.79 Å². The minimum atomic E-state index is -0.524. The van der Waals surface area contributed by atoms with Gasteiger partial charge >= 0.3 is 5.97 Å². The number of nitrogens with zero attached hydrogens (tertiary/aromatic N) is 2. The molecule has 1 aromatic rings. The van der Waals surface area contributed by atoms with Crippen LogP contribution in [-0.2, 0) is 14.3 Å². The van der Waals surface area contributed by atoms with Gasteiger partial charge < -0.3 is 19.3 Å². The zero-order valence-corrected chi connectivity index (χ0v) is 19.2. The van der Waals surface area contributed by atoms with Crippen LogP contribution in [0.3, 0.4) is 0 Å². The van der Waals surface area contributed by atoms with Crippen molar-refractivity contribution in [3.63, 3.8) is 0 Å². The molecule has 2 saturated heterocycles. The Labute approximate surface area is 191 Å². The number of ether oxygens (including phenoxy) is 2. The lowest BCUT2D eigenvalue weighted by Crippen LogP contribution is -2.61. The molecule has 2 heterocycles. The highest BCUT2D eigenvalue weighted by molar-refractivity contribution is 5.99. The fourth-order valence-electron chi connectivity index (χ4n) is 4.43. The van der Waals surface area contributed by atoms with Crippen molar-refractivity contribution in [2.24, 2.45) is 0 Å². The Balaban J connectivity index is 1.69. The summed E-state index contributed by atoms with van der Waals surface area (Å²) in [7, 11) is 0. The second-order valence-electron chi connectivity index (χ2n) is 8.41. The summed E-state index contributed by atoms with van der Waals surface area (Å²) < 4.78 is 11.4. The second kappa shape index (κ2) is 10.7. The van der Waals surface area contributed by atoms with Crippen LogP contribution in [0.4, 0.5) is 5.69 Å².